The fourth-order valence-corrected chi connectivity index (χ4v) is 2.65. The molecule has 1 aliphatic rings. The molecule has 1 aliphatic carbocycles. The second kappa shape index (κ2) is 4.55. The van der Waals surface area contributed by atoms with E-state index < -0.39 is 0 Å². The molecule has 1 aromatic carbocycles. The Morgan fingerprint density at radius 2 is 2.16 bits per heavy atom. The Balaban J connectivity index is 1.76. The first-order valence-electron chi connectivity index (χ1n) is 6.05. The molecule has 5 N–H and O–H groups in total. The molecule has 1 heterocycles. The molecule has 3 rings (SSSR count). The summed E-state index contributed by atoms with van der Waals surface area (Å²) >= 11 is 1.44. The molecule has 6 heteroatoms. The van der Waals surface area contributed by atoms with Crippen molar-refractivity contribution >= 4 is 33.8 Å². The summed E-state index contributed by atoms with van der Waals surface area (Å²) in [6.07, 6.45) is 2.39. The van der Waals surface area contributed by atoms with Crippen LogP contribution in [0.4, 0.5) is 16.5 Å². The van der Waals surface area contributed by atoms with E-state index in [4.69, 9.17) is 11.5 Å². The summed E-state index contributed by atoms with van der Waals surface area (Å²) in [5.41, 5.74) is 13.8. The number of nitrogen functional groups attached to an aromatic ring is 2. The molecular weight excluding hydrogens is 260 g/mol. The van der Waals surface area contributed by atoms with E-state index in [1.54, 1.807) is 18.2 Å². The van der Waals surface area contributed by atoms with Crippen LogP contribution in [0.15, 0.2) is 23.6 Å². The molecule has 0 atom stereocenters. The van der Waals surface area contributed by atoms with Crippen LogP contribution in [-0.2, 0) is 0 Å². The van der Waals surface area contributed by atoms with Crippen molar-refractivity contribution in [2.75, 3.05) is 16.8 Å². The van der Waals surface area contributed by atoms with Gasteiger partial charge in [-0.2, -0.15) is 0 Å². The molecule has 0 radical (unpaired) electrons. The van der Waals surface area contributed by atoms with Gasteiger partial charge in [-0.15, -0.1) is 11.3 Å². The number of nitrogens with two attached hydrogens (primary N) is 2. The number of nitrogens with zero attached hydrogens (tertiary/aromatic N) is 1. The normalized spacial score (nSPS) is 14.3. The van der Waals surface area contributed by atoms with Gasteiger partial charge in [0.05, 0.1) is 11.3 Å². The van der Waals surface area contributed by atoms with Crippen LogP contribution in [0, 0.1) is 0 Å². The lowest BCUT2D eigenvalue weighted by molar-refractivity contribution is 0.102. The van der Waals surface area contributed by atoms with Gasteiger partial charge in [0.25, 0.3) is 5.91 Å². The van der Waals surface area contributed by atoms with Gasteiger partial charge < -0.3 is 11.5 Å². The first-order valence-corrected chi connectivity index (χ1v) is 6.93. The van der Waals surface area contributed by atoms with Gasteiger partial charge in [0.1, 0.15) is 0 Å². The summed E-state index contributed by atoms with van der Waals surface area (Å²) in [4.78, 5) is 16.5. The number of hydrogen-bond donors (Lipinski definition) is 3. The summed E-state index contributed by atoms with van der Waals surface area (Å²) in [5.74, 6) is 0.331. The van der Waals surface area contributed by atoms with Gasteiger partial charge in [0.2, 0.25) is 0 Å². The fourth-order valence-electron chi connectivity index (χ4n) is 1.86. The molecule has 98 valence electrons. The first kappa shape index (κ1) is 12.0. The van der Waals surface area contributed by atoms with Crippen LogP contribution in [0.25, 0.3) is 0 Å². The zero-order valence-corrected chi connectivity index (χ0v) is 11.0. The molecule has 0 aliphatic heterocycles. The SMILES string of the molecule is Nc1ccc(C(=O)Nc2nc(C3CC3)cs2)c(N)c1. The number of aromatic nitrogens is 1. The van der Waals surface area contributed by atoms with Crippen LogP contribution in [0.3, 0.4) is 0 Å². The molecule has 1 fully saturated rings. The second-order valence-corrected chi connectivity index (χ2v) is 5.51. The smallest absolute Gasteiger partial charge is 0.259 e. The van der Waals surface area contributed by atoms with Crippen molar-refractivity contribution in [2.24, 2.45) is 0 Å². The maximum atomic E-state index is 12.1. The lowest BCUT2D eigenvalue weighted by atomic mass is 10.1. The number of hydrogen-bond acceptors (Lipinski definition) is 5. The van der Waals surface area contributed by atoms with E-state index in [0.717, 1.165) is 5.69 Å². The predicted octanol–water partition coefficient (Wildman–Crippen LogP) is 2.44. The molecule has 0 bridgehead atoms. The standard InChI is InChI=1S/C13H14N4OS/c14-8-3-4-9(10(15)5-8)12(18)17-13-16-11(6-19-13)7-1-2-7/h3-7H,1-2,14-15H2,(H,16,17,18). The van der Waals surface area contributed by atoms with Crippen molar-refractivity contribution in [2.45, 2.75) is 18.8 Å². The fraction of sp³-hybridized carbons (Fsp3) is 0.231. The average Bonchev–Trinajstić information content (AvgIpc) is 3.10. The minimum Gasteiger partial charge on any atom is -0.399 e. The van der Waals surface area contributed by atoms with Crippen molar-refractivity contribution in [1.82, 2.24) is 4.98 Å². The molecule has 0 saturated heterocycles. The second-order valence-electron chi connectivity index (χ2n) is 4.65. The maximum Gasteiger partial charge on any atom is 0.259 e. The van der Waals surface area contributed by atoms with Crippen LogP contribution in [-0.4, -0.2) is 10.9 Å². The van der Waals surface area contributed by atoms with Crippen LogP contribution in [0.1, 0.15) is 34.8 Å². The van der Waals surface area contributed by atoms with Crippen molar-refractivity contribution < 1.29 is 4.79 Å². The lowest BCUT2D eigenvalue weighted by Crippen LogP contribution is -2.14. The zero-order chi connectivity index (χ0) is 13.4. The van der Waals surface area contributed by atoms with Crippen LogP contribution in [0.5, 0.6) is 0 Å². The third kappa shape index (κ3) is 2.53. The highest BCUT2D eigenvalue weighted by Crippen LogP contribution is 2.40. The number of rotatable bonds is 3. The third-order valence-electron chi connectivity index (χ3n) is 3.06. The largest absolute Gasteiger partial charge is 0.399 e. The molecular formula is C13H14N4OS. The number of benzene rings is 1. The highest BCUT2D eigenvalue weighted by atomic mass is 32.1. The number of amides is 1. The minimum absolute atomic E-state index is 0.255. The van der Waals surface area contributed by atoms with Crippen LogP contribution >= 0.6 is 11.3 Å². The van der Waals surface area contributed by atoms with Gasteiger partial charge in [-0.1, -0.05) is 0 Å². The van der Waals surface area contributed by atoms with Crippen molar-refractivity contribution in [1.29, 1.82) is 0 Å². The molecule has 0 unspecified atom stereocenters. The molecule has 1 amide bonds. The Bertz CT molecular complexity index is 633. The minimum atomic E-state index is -0.255. The molecule has 1 saturated carbocycles. The van der Waals surface area contributed by atoms with Crippen molar-refractivity contribution in [3.63, 3.8) is 0 Å². The van der Waals surface area contributed by atoms with E-state index in [-0.39, 0.29) is 5.91 Å². The summed E-state index contributed by atoms with van der Waals surface area (Å²) in [7, 11) is 0. The van der Waals surface area contributed by atoms with E-state index >= 15 is 0 Å². The number of anilines is 3. The monoisotopic (exact) mass is 274 g/mol. The summed E-state index contributed by atoms with van der Waals surface area (Å²) in [6, 6.07) is 4.85. The van der Waals surface area contributed by atoms with E-state index in [2.05, 4.69) is 10.3 Å². The quantitative estimate of drug-likeness (QED) is 0.749. The molecule has 0 spiro atoms. The number of thiazole rings is 1. The molecule has 2 aromatic rings. The third-order valence-corrected chi connectivity index (χ3v) is 3.83. The highest BCUT2D eigenvalue weighted by Gasteiger charge is 2.26. The number of nitrogens with one attached hydrogen (secondary N) is 1. The van der Waals surface area contributed by atoms with E-state index in [9.17, 15) is 4.79 Å². The average molecular weight is 274 g/mol. The number of carbonyl (C=O) groups excluding carboxylic acids is 1. The van der Waals surface area contributed by atoms with Gasteiger partial charge in [0.15, 0.2) is 5.13 Å². The van der Waals surface area contributed by atoms with Gasteiger partial charge in [-0.25, -0.2) is 4.98 Å². The number of carbonyl (C=O) groups is 1. The lowest BCUT2D eigenvalue weighted by Gasteiger charge is -2.05. The van der Waals surface area contributed by atoms with E-state index in [1.165, 1.54) is 24.2 Å². The Morgan fingerprint density at radius 3 is 2.84 bits per heavy atom. The van der Waals surface area contributed by atoms with Crippen molar-refractivity contribution in [3.8, 4) is 0 Å². The van der Waals surface area contributed by atoms with Gasteiger partial charge in [-0.3, -0.25) is 10.1 Å². The Morgan fingerprint density at radius 1 is 1.37 bits per heavy atom. The van der Waals surface area contributed by atoms with Crippen molar-refractivity contribution in [3.05, 3.63) is 34.8 Å². The molecule has 19 heavy (non-hydrogen) atoms. The Hall–Kier alpha value is -2.08. The van der Waals surface area contributed by atoms with Gasteiger partial charge >= 0.3 is 0 Å². The van der Waals surface area contributed by atoms with E-state index in [1.807, 2.05) is 5.38 Å². The summed E-state index contributed by atoms with van der Waals surface area (Å²) in [5, 5.41) is 5.38. The van der Waals surface area contributed by atoms with Gasteiger partial charge in [-0.05, 0) is 31.0 Å². The maximum absolute atomic E-state index is 12.1. The Labute approximate surface area is 114 Å². The van der Waals surface area contributed by atoms with Crippen LogP contribution < -0.4 is 16.8 Å². The highest BCUT2D eigenvalue weighted by molar-refractivity contribution is 7.14. The molecule has 1 aromatic heterocycles. The summed E-state index contributed by atoms with van der Waals surface area (Å²) < 4.78 is 0. The first-order chi connectivity index (χ1) is 9.13. The van der Waals surface area contributed by atoms with Crippen LogP contribution in [0.2, 0.25) is 0 Å². The Kier molecular flexibility index (Phi) is 2.87. The topological polar surface area (TPSA) is 94.0 Å². The zero-order valence-electron chi connectivity index (χ0n) is 10.2. The predicted molar refractivity (Wildman–Crippen MR) is 77.3 cm³/mol. The van der Waals surface area contributed by atoms with Gasteiger partial charge in [0, 0.05) is 22.7 Å². The molecule has 5 nitrogen and oxygen atoms in total. The summed E-state index contributed by atoms with van der Waals surface area (Å²) in [6.45, 7) is 0. The van der Waals surface area contributed by atoms with E-state index in [0.29, 0.717) is 28.0 Å².